The molecule has 0 aliphatic rings. The fourth-order valence-electron chi connectivity index (χ4n) is 1.43. The van der Waals surface area contributed by atoms with E-state index in [1.54, 1.807) is 19.2 Å². The number of esters is 1. The van der Waals surface area contributed by atoms with Crippen molar-refractivity contribution >= 4 is 11.8 Å². The van der Waals surface area contributed by atoms with Gasteiger partial charge in [-0.25, -0.2) is 14.8 Å². The van der Waals surface area contributed by atoms with Gasteiger partial charge in [-0.15, -0.1) is 0 Å². The molecule has 1 rings (SSSR count). The number of carbonyl (C=O) groups excluding carboxylic acids is 1. The highest BCUT2D eigenvalue weighted by molar-refractivity contribution is 5.79. The molecule has 1 atom stereocenters. The van der Waals surface area contributed by atoms with Gasteiger partial charge in [-0.2, -0.15) is 0 Å². The van der Waals surface area contributed by atoms with Gasteiger partial charge in [0, 0.05) is 6.20 Å². The summed E-state index contributed by atoms with van der Waals surface area (Å²) >= 11 is 0. The minimum Gasteiger partial charge on any atom is -0.467 e. The number of aryl methyl sites for hydroxylation is 1. The van der Waals surface area contributed by atoms with Crippen LogP contribution in [0.2, 0.25) is 0 Å². The first-order valence-electron chi connectivity index (χ1n) is 5.48. The summed E-state index contributed by atoms with van der Waals surface area (Å²) in [5, 5.41) is 3.08. The van der Waals surface area contributed by atoms with Crippen LogP contribution in [-0.4, -0.2) is 29.1 Å². The summed E-state index contributed by atoms with van der Waals surface area (Å²) in [4.78, 5) is 19.9. The summed E-state index contributed by atoms with van der Waals surface area (Å²) in [7, 11) is 1.38. The summed E-state index contributed by atoms with van der Waals surface area (Å²) < 4.78 is 4.80. The third kappa shape index (κ3) is 3.69. The lowest BCUT2D eigenvalue weighted by Crippen LogP contribution is -2.42. The Hall–Kier alpha value is -1.65. The van der Waals surface area contributed by atoms with Crippen molar-refractivity contribution in [2.45, 2.75) is 33.7 Å². The molecule has 0 spiro atoms. The van der Waals surface area contributed by atoms with Gasteiger partial charge in [-0.1, -0.05) is 20.8 Å². The quantitative estimate of drug-likeness (QED) is 0.812. The van der Waals surface area contributed by atoms with Gasteiger partial charge in [0.2, 0.25) is 0 Å². The SMILES string of the molecule is COC(=O)C(Nc1ccnc(C)n1)C(C)(C)C. The van der Waals surface area contributed by atoms with Gasteiger partial charge in [-0.3, -0.25) is 0 Å². The second-order valence-electron chi connectivity index (χ2n) is 4.96. The Balaban J connectivity index is 2.91. The van der Waals surface area contributed by atoms with Crippen LogP contribution in [0.25, 0.3) is 0 Å². The van der Waals surface area contributed by atoms with E-state index in [2.05, 4.69) is 15.3 Å². The monoisotopic (exact) mass is 237 g/mol. The Morgan fingerprint density at radius 1 is 1.47 bits per heavy atom. The molecule has 0 bridgehead atoms. The van der Waals surface area contributed by atoms with Gasteiger partial charge in [0.05, 0.1) is 7.11 Å². The highest BCUT2D eigenvalue weighted by Crippen LogP contribution is 2.23. The third-order valence-electron chi connectivity index (χ3n) is 2.37. The molecule has 1 aromatic rings. The van der Waals surface area contributed by atoms with E-state index >= 15 is 0 Å². The van der Waals surface area contributed by atoms with E-state index in [-0.39, 0.29) is 11.4 Å². The molecule has 0 saturated heterocycles. The minimum absolute atomic E-state index is 0.258. The first kappa shape index (κ1) is 13.4. The van der Waals surface area contributed by atoms with Crippen molar-refractivity contribution in [1.82, 2.24) is 9.97 Å². The molecule has 1 unspecified atom stereocenters. The van der Waals surface area contributed by atoms with E-state index in [4.69, 9.17) is 4.74 Å². The van der Waals surface area contributed by atoms with Crippen molar-refractivity contribution in [2.24, 2.45) is 5.41 Å². The van der Waals surface area contributed by atoms with Gasteiger partial charge in [-0.05, 0) is 18.4 Å². The van der Waals surface area contributed by atoms with Crippen LogP contribution in [0.1, 0.15) is 26.6 Å². The maximum absolute atomic E-state index is 11.7. The van der Waals surface area contributed by atoms with Crippen LogP contribution in [0.3, 0.4) is 0 Å². The Labute approximate surface area is 102 Å². The first-order valence-corrected chi connectivity index (χ1v) is 5.48. The number of hydrogen-bond acceptors (Lipinski definition) is 5. The lowest BCUT2D eigenvalue weighted by molar-refractivity contribution is -0.143. The van der Waals surface area contributed by atoms with E-state index in [9.17, 15) is 4.79 Å². The molecule has 1 heterocycles. The molecule has 94 valence electrons. The molecule has 0 radical (unpaired) electrons. The molecule has 0 aliphatic heterocycles. The van der Waals surface area contributed by atoms with Crippen molar-refractivity contribution in [2.75, 3.05) is 12.4 Å². The summed E-state index contributed by atoms with van der Waals surface area (Å²) in [6.45, 7) is 7.70. The van der Waals surface area contributed by atoms with Crippen LogP contribution in [0.15, 0.2) is 12.3 Å². The summed E-state index contributed by atoms with van der Waals surface area (Å²) in [6.07, 6.45) is 1.65. The third-order valence-corrected chi connectivity index (χ3v) is 2.37. The van der Waals surface area contributed by atoms with Crippen molar-refractivity contribution in [1.29, 1.82) is 0 Å². The maximum Gasteiger partial charge on any atom is 0.328 e. The van der Waals surface area contributed by atoms with Crippen molar-refractivity contribution in [3.05, 3.63) is 18.1 Å². The lowest BCUT2D eigenvalue weighted by Gasteiger charge is -2.29. The van der Waals surface area contributed by atoms with Crippen LogP contribution in [0.5, 0.6) is 0 Å². The highest BCUT2D eigenvalue weighted by atomic mass is 16.5. The molecule has 5 nitrogen and oxygen atoms in total. The van der Waals surface area contributed by atoms with E-state index in [0.29, 0.717) is 11.6 Å². The van der Waals surface area contributed by atoms with Gasteiger partial charge in [0.1, 0.15) is 17.7 Å². The predicted octanol–water partition coefficient (Wildman–Crippen LogP) is 1.78. The van der Waals surface area contributed by atoms with E-state index in [0.717, 1.165) is 0 Å². The zero-order chi connectivity index (χ0) is 13.1. The standard InChI is InChI=1S/C12H19N3O2/c1-8-13-7-6-9(14-8)15-10(11(16)17-5)12(2,3)4/h6-7,10H,1-5H3,(H,13,14,15). The molecule has 17 heavy (non-hydrogen) atoms. The number of aromatic nitrogens is 2. The van der Waals surface area contributed by atoms with Crippen LogP contribution < -0.4 is 5.32 Å². The molecule has 0 aliphatic carbocycles. The van der Waals surface area contributed by atoms with Crippen LogP contribution in [0.4, 0.5) is 5.82 Å². The number of rotatable bonds is 3. The first-order chi connectivity index (χ1) is 7.84. The van der Waals surface area contributed by atoms with Crippen molar-refractivity contribution in [3.8, 4) is 0 Å². The average molecular weight is 237 g/mol. The normalized spacial score (nSPS) is 13.0. The molecule has 0 saturated carbocycles. The largest absolute Gasteiger partial charge is 0.467 e. The average Bonchev–Trinajstić information content (AvgIpc) is 2.23. The fourth-order valence-corrected chi connectivity index (χ4v) is 1.43. The van der Waals surface area contributed by atoms with Gasteiger partial charge in [0.15, 0.2) is 0 Å². The van der Waals surface area contributed by atoms with Crippen LogP contribution in [0, 0.1) is 12.3 Å². The summed E-state index contributed by atoms with van der Waals surface area (Å²) in [6, 6.07) is 1.29. The van der Waals surface area contributed by atoms with Gasteiger partial charge < -0.3 is 10.1 Å². The molecule has 0 aromatic carbocycles. The molecular weight excluding hydrogens is 218 g/mol. The van der Waals surface area contributed by atoms with E-state index < -0.39 is 6.04 Å². The number of methoxy groups -OCH3 is 1. The van der Waals surface area contributed by atoms with E-state index in [1.807, 2.05) is 20.8 Å². The number of ether oxygens (including phenoxy) is 1. The molecular formula is C12H19N3O2. The van der Waals surface area contributed by atoms with Crippen molar-refractivity contribution < 1.29 is 9.53 Å². The Bertz CT molecular complexity index is 399. The Morgan fingerprint density at radius 3 is 2.59 bits per heavy atom. The Kier molecular flexibility index (Phi) is 4.04. The number of nitrogens with zero attached hydrogens (tertiary/aromatic N) is 2. The molecule has 0 fully saturated rings. The predicted molar refractivity (Wildman–Crippen MR) is 65.7 cm³/mol. The topological polar surface area (TPSA) is 64.1 Å². The van der Waals surface area contributed by atoms with Crippen LogP contribution in [-0.2, 0) is 9.53 Å². The number of carbonyl (C=O) groups is 1. The molecule has 0 amide bonds. The maximum atomic E-state index is 11.7. The van der Waals surface area contributed by atoms with Crippen LogP contribution >= 0.6 is 0 Å². The molecule has 1 N–H and O–H groups in total. The highest BCUT2D eigenvalue weighted by Gasteiger charge is 2.32. The number of anilines is 1. The van der Waals surface area contributed by atoms with Gasteiger partial charge >= 0.3 is 5.97 Å². The number of hydrogen-bond donors (Lipinski definition) is 1. The lowest BCUT2D eigenvalue weighted by atomic mass is 9.87. The fraction of sp³-hybridized carbons (Fsp3) is 0.583. The summed E-state index contributed by atoms with van der Waals surface area (Å²) in [5.41, 5.74) is -0.258. The van der Waals surface area contributed by atoms with E-state index in [1.165, 1.54) is 7.11 Å². The smallest absolute Gasteiger partial charge is 0.328 e. The number of nitrogens with one attached hydrogen (secondary N) is 1. The minimum atomic E-state index is -0.443. The zero-order valence-electron chi connectivity index (χ0n) is 10.9. The molecule has 1 aromatic heterocycles. The Morgan fingerprint density at radius 2 is 2.12 bits per heavy atom. The summed E-state index contributed by atoms with van der Waals surface area (Å²) in [5.74, 6) is 0.990. The molecule has 5 heteroatoms. The second-order valence-corrected chi connectivity index (χ2v) is 4.96. The second kappa shape index (κ2) is 5.12. The van der Waals surface area contributed by atoms with Gasteiger partial charge in [0.25, 0.3) is 0 Å². The zero-order valence-corrected chi connectivity index (χ0v) is 10.9. The van der Waals surface area contributed by atoms with Crippen molar-refractivity contribution in [3.63, 3.8) is 0 Å².